The number of halogens is 4. The lowest BCUT2D eigenvalue weighted by molar-refractivity contribution is 0.622. The third-order valence-corrected chi connectivity index (χ3v) is 3.95. The molecule has 0 amide bonds. The first-order valence-electron chi connectivity index (χ1n) is 6.28. The molecule has 2 aromatic carbocycles. The van der Waals surface area contributed by atoms with E-state index < -0.39 is 5.82 Å². The molecule has 0 aliphatic carbocycles. The van der Waals surface area contributed by atoms with Gasteiger partial charge in [0.1, 0.15) is 17.5 Å². The quantitative estimate of drug-likeness (QED) is 0.602. The molecule has 0 aliphatic rings. The minimum atomic E-state index is -0.391. The number of aromatic nitrogens is 2. The topological polar surface area (TPSA) is 17.8 Å². The molecule has 1 aromatic heterocycles. The van der Waals surface area contributed by atoms with Crippen LogP contribution in [0.4, 0.5) is 8.78 Å². The second kappa shape index (κ2) is 5.73. The average Bonchev–Trinajstić information content (AvgIpc) is 2.77. The van der Waals surface area contributed by atoms with Crippen LogP contribution in [0.25, 0.3) is 16.7 Å². The molecule has 0 saturated carbocycles. The lowest BCUT2D eigenvalue weighted by atomic mass is 10.2. The van der Waals surface area contributed by atoms with Crippen molar-refractivity contribution >= 4 is 38.6 Å². The van der Waals surface area contributed by atoms with E-state index in [0.29, 0.717) is 39.3 Å². The molecular weight excluding hydrogens is 362 g/mol. The van der Waals surface area contributed by atoms with E-state index in [-0.39, 0.29) is 5.82 Å². The van der Waals surface area contributed by atoms with E-state index >= 15 is 0 Å². The number of aryl methyl sites for hydroxylation is 1. The zero-order chi connectivity index (χ0) is 15.0. The fourth-order valence-electron chi connectivity index (χ4n) is 2.28. The number of nitrogens with zero attached hydrogens (tertiary/aromatic N) is 2. The Bertz CT molecular complexity index is 817. The van der Waals surface area contributed by atoms with Crippen molar-refractivity contribution in [3.63, 3.8) is 0 Å². The first-order chi connectivity index (χ1) is 10.1. The number of hydrogen-bond acceptors (Lipinski definition) is 1. The van der Waals surface area contributed by atoms with Gasteiger partial charge in [0.25, 0.3) is 0 Å². The van der Waals surface area contributed by atoms with E-state index in [1.165, 1.54) is 18.2 Å². The SMILES string of the molecule is Fc1cccc(-n2c(CCCl)nc3cc(Br)c(F)cc32)c1. The highest BCUT2D eigenvalue weighted by atomic mass is 79.9. The standard InChI is InChI=1S/C15H10BrClF2N2/c16-11-7-13-14(8-12(11)19)21(15(20-13)4-5-17)10-3-1-2-9(18)6-10/h1-3,6-8H,4-5H2. The van der Waals surface area contributed by atoms with Crippen molar-refractivity contribution in [3.8, 4) is 5.69 Å². The number of benzene rings is 2. The van der Waals surface area contributed by atoms with Crippen LogP contribution in [0.2, 0.25) is 0 Å². The van der Waals surface area contributed by atoms with Crippen LogP contribution in [-0.4, -0.2) is 15.4 Å². The van der Waals surface area contributed by atoms with E-state index in [2.05, 4.69) is 20.9 Å². The second-order valence-electron chi connectivity index (χ2n) is 4.54. The fraction of sp³-hybridized carbons (Fsp3) is 0.133. The Labute approximate surface area is 133 Å². The Balaban J connectivity index is 2.32. The molecule has 108 valence electrons. The number of fused-ring (bicyclic) bond motifs is 1. The van der Waals surface area contributed by atoms with Gasteiger partial charge in [-0.2, -0.15) is 0 Å². The first kappa shape index (κ1) is 14.5. The van der Waals surface area contributed by atoms with Crippen molar-refractivity contribution in [2.24, 2.45) is 0 Å². The maximum Gasteiger partial charge on any atom is 0.139 e. The van der Waals surface area contributed by atoms with E-state index in [1.54, 1.807) is 22.8 Å². The van der Waals surface area contributed by atoms with Gasteiger partial charge in [0.05, 0.1) is 21.2 Å². The van der Waals surface area contributed by atoms with Crippen LogP contribution in [0.3, 0.4) is 0 Å². The molecule has 0 fully saturated rings. The summed E-state index contributed by atoms with van der Waals surface area (Å²) in [6.45, 7) is 0. The molecule has 6 heteroatoms. The van der Waals surface area contributed by atoms with Crippen molar-refractivity contribution in [1.82, 2.24) is 9.55 Å². The highest BCUT2D eigenvalue weighted by Gasteiger charge is 2.15. The largest absolute Gasteiger partial charge is 0.296 e. The van der Waals surface area contributed by atoms with Crippen LogP contribution in [-0.2, 0) is 6.42 Å². The summed E-state index contributed by atoms with van der Waals surface area (Å²) < 4.78 is 29.4. The second-order valence-corrected chi connectivity index (χ2v) is 5.77. The number of imidazole rings is 1. The molecule has 0 atom stereocenters. The van der Waals surface area contributed by atoms with Gasteiger partial charge in [-0.1, -0.05) is 6.07 Å². The smallest absolute Gasteiger partial charge is 0.139 e. The maximum atomic E-state index is 13.8. The van der Waals surface area contributed by atoms with Crippen molar-refractivity contribution in [3.05, 3.63) is 58.3 Å². The summed E-state index contributed by atoms with van der Waals surface area (Å²) in [5.41, 5.74) is 1.81. The van der Waals surface area contributed by atoms with E-state index in [9.17, 15) is 8.78 Å². The zero-order valence-electron chi connectivity index (χ0n) is 10.8. The molecule has 0 spiro atoms. The van der Waals surface area contributed by atoms with Crippen molar-refractivity contribution < 1.29 is 8.78 Å². The molecule has 3 aromatic rings. The van der Waals surface area contributed by atoms with E-state index in [1.807, 2.05) is 0 Å². The zero-order valence-corrected chi connectivity index (χ0v) is 13.1. The van der Waals surface area contributed by atoms with Gasteiger partial charge in [-0.15, -0.1) is 11.6 Å². The lowest BCUT2D eigenvalue weighted by Gasteiger charge is -2.09. The molecule has 0 N–H and O–H groups in total. The van der Waals surface area contributed by atoms with Gasteiger partial charge in [0.2, 0.25) is 0 Å². The van der Waals surface area contributed by atoms with E-state index in [0.717, 1.165) is 0 Å². The lowest BCUT2D eigenvalue weighted by Crippen LogP contribution is -2.02. The minimum Gasteiger partial charge on any atom is -0.296 e. The van der Waals surface area contributed by atoms with Gasteiger partial charge < -0.3 is 0 Å². The summed E-state index contributed by atoms with van der Waals surface area (Å²) >= 11 is 8.95. The molecule has 3 rings (SSSR count). The van der Waals surface area contributed by atoms with Crippen molar-refractivity contribution in [1.29, 1.82) is 0 Å². The monoisotopic (exact) mass is 370 g/mol. The fourth-order valence-corrected chi connectivity index (χ4v) is 2.78. The Morgan fingerprint density at radius 1 is 1.19 bits per heavy atom. The number of rotatable bonds is 3. The summed E-state index contributed by atoms with van der Waals surface area (Å²) in [7, 11) is 0. The Morgan fingerprint density at radius 3 is 2.71 bits per heavy atom. The third kappa shape index (κ3) is 2.68. The normalized spacial score (nSPS) is 11.2. The van der Waals surface area contributed by atoms with Crippen LogP contribution in [0.15, 0.2) is 40.9 Å². The van der Waals surface area contributed by atoms with Crippen LogP contribution in [0.1, 0.15) is 5.82 Å². The maximum absolute atomic E-state index is 13.8. The Hall–Kier alpha value is -1.46. The van der Waals surface area contributed by atoms with Crippen LogP contribution < -0.4 is 0 Å². The predicted octanol–water partition coefficient (Wildman–Crippen LogP) is 4.85. The summed E-state index contributed by atoms with van der Waals surface area (Å²) in [6, 6.07) is 9.10. The summed E-state index contributed by atoms with van der Waals surface area (Å²) in [5.74, 6) is 0.298. The van der Waals surface area contributed by atoms with Gasteiger partial charge in [-0.3, -0.25) is 4.57 Å². The van der Waals surface area contributed by atoms with Gasteiger partial charge >= 0.3 is 0 Å². The Kier molecular flexibility index (Phi) is 3.95. The molecule has 2 nitrogen and oxygen atoms in total. The Morgan fingerprint density at radius 2 is 2.00 bits per heavy atom. The third-order valence-electron chi connectivity index (χ3n) is 3.15. The number of hydrogen-bond donors (Lipinski definition) is 0. The van der Waals surface area contributed by atoms with Gasteiger partial charge in [-0.05, 0) is 40.2 Å². The number of alkyl halides is 1. The van der Waals surface area contributed by atoms with Crippen molar-refractivity contribution in [2.75, 3.05) is 5.88 Å². The highest BCUT2D eigenvalue weighted by Crippen LogP contribution is 2.27. The minimum absolute atomic E-state index is 0.344. The summed E-state index contributed by atoms with van der Waals surface area (Å²) in [6.07, 6.45) is 0.506. The van der Waals surface area contributed by atoms with Crippen LogP contribution in [0, 0.1) is 11.6 Å². The predicted molar refractivity (Wildman–Crippen MR) is 83.1 cm³/mol. The molecule has 0 unspecified atom stereocenters. The molecule has 0 saturated heterocycles. The van der Waals surface area contributed by atoms with Gasteiger partial charge in [-0.25, -0.2) is 13.8 Å². The molecule has 1 heterocycles. The molecule has 0 bridgehead atoms. The molecule has 0 radical (unpaired) electrons. The average molecular weight is 372 g/mol. The summed E-state index contributed by atoms with van der Waals surface area (Å²) in [5, 5.41) is 0. The molecule has 21 heavy (non-hydrogen) atoms. The summed E-state index contributed by atoms with van der Waals surface area (Å²) in [4.78, 5) is 4.47. The highest BCUT2D eigenvalue weighted by molar-refractivity contribution is 9.10. The molecule has 0 aliphatic heterocycles. The van der Waals surface area contributed by atoms with Gasteiger partial charge in [0, 0.05) is 18.4 Å². The van der Waals surface area contributed by atoms with Crippen LogP contribution in [0.5, 0.6) is 0 Å². The van der Waals surface area contributed by atoms with Gasteiger partial charge in [0.15, 0.2) is 0 Å². The van der Waals surface area contributed by atoms with E-state index in [4.69, 9.17) is 11.6 Å². The van der Waals surface area contributed by atoms with Crippen molar-refractivity contribution in [2.45, 2.75) is 6.42 Å². The molecular formula is C15H10BrClF2N2. The first-order valence-corrected chi connectivity index (χ1v) is 7.61. The van der Waals surface area contributed by atoms with Crippen LogP contribution >= 0.6 is 27.5 Å².